The summed E-state index contributed by atoms with van der Waals surface area (Å²) in [7, 11) is 0. The Kier molecular flexibility index (Phi) is 3.89. The van der Waals surface area contributed by atoms with Crippen molar-refractivity contribution in [2.75, 3.05) is 11.9 Å². The van der Waals surface area contributed by atoms with E-state index in [1.54, 1.807) is 16.6 Å². The van der Waals surface area contributed by atoms with E-state index in [-0.39, 0.29) is 17.8 Å². The SMILES string of the molecule is O=C1NCCC[C@@H]1Nc1nc2ccccc2c2nc(-c3cccc(F)c3)nn12. The van der Waals surface area contributed by atoms with E-state index in [2.05, 4.69) is 25.7 Å². The van der Waals surface area contributed by atoms with E-state index in [1.165, 1.54) is 12.1 Å². The molecule has 0 saturated carbocycles. The van der Waals surface area contributed by atoms with Crippen molar-refractivity contribution in [1.82, 2.24) is 24.9 Å². The molecule has 1 aliphatic rings. The number of nitrogens with zero attached hydrogens (tertiary/aromatic N) is 4. The van der Waals surface area contributed by atoms with Crippen LogP contribution < -0.4 is 10.6 Å². The molecule has 1 saturated heterocycles. The molecule has 1 amide bonds. The molecule has 2 N–H and O–H groups in total. The molecule has 3 heterocycles. The van der Waals surface area contributed by atoms with Gasteiger partial charge in [-0.05, 0) is 37.1 Å². The van der Waals surface area contributed by atoms with Crippen LogP contribution in [0.1, 0.15) is 12.8 Å². The third-order valence-corrected chi connectivity index (χ3v) is 4.85. The normalized spacial score (nSPS) is 17.0. The summed E-state index contributed by atoms with van der Waals surface area (Å²) in [4.78, 5) is 21.5. The molecule has 8 heteroatoms. The number of para-hydroxylation sites is 1. The second-order valence-corrected chi connectivity index (χ2v) is 6.76. The van der Waals surface area contributed by atoms with Gasteiger partial charge in [-0.3, -0.25) is 4.79 Å². The number of hydrogen-bond donors (Lipinski definition) is 2. The number of fused-ring (bicyclic) bond motifs is 3. The van der Waals surface area contributed by atoms with E-state index in [0.29, 0.717) is 35.9 Å². The van der Waals surface area contributed by atoms with Crippen molar-refractivity contribution in [1.29, 1.82) is 0 Å². The number of halogens is 1. The predicted molar refractivity (Wildman–Crippen MR) is 103 cm³/mol. The molecule has 7 nitrogen and oxygen atoms in total. The molecule has 0 spiro atoms. The van der Waals surface area contributed by atoms with Gasteiger partial charge in [0, 0.05) is 17.5 Å². The number of aromatic nitrogens is 4. The van der Waals surface area contributed by atoms with Crippen LogP contribution in [0, 0.1) is 5.82 Å². The maximum Gasteiger partial charge on any atom is 0.242 e. The molecule has 4 aromatic rings. The number of hydrogen-bond acceptors (Lipinski definition) is 5. The molecular formula is C20H17FN6O. The van der Waals surface area contributed by atoms with Crippen molar-refractivity contribution >= 4 is 28.4 Å². The number of rotatable bonds is 3. The predicted octanol–water partition coefficient (Wildman–Crippen LogP) is 2.77. The van der Waals surface area contributed by atoms with Crippen molar-refractivity contribution in [2.24, 2.45) is 0 Å². The van der Waals surface area contributed by atoms with Crippen LogP contribution in [-0.4, -0.2) is 38.1 Å². The minimum absolute atomic E-state index is 0.0557. The van der Waals surface area contributed by atoms with E-state index in [1.807, 2.05) is 24.3 Å². The van der Waals surface area contributed by atoms with Crippen LogP contribution in [0.3, 0.4) is 0 Å². The zero-order chi connectivity index (χ0) is 19.1. The molecule has 0 unspecified atom stereocenters. The number of amides is 1. The first-order valence-electron chi connectivity index (χ1n) is 9.15. The fraction of sp³-hybridized carbons (Fsp3) is 0.200. The van der Waals surface area contributed by atoms with Crippen molar-refractivity contribution in [3.8, 4) is 11.4 Å². The fourth-order valence-corrected chi connectivity index (χ4v) is 3.46. The Morgan fingerprint density at radius 1 is 1.14 bits per heavy atom. The molecule has 2 aromatic heterocycles. The lowest BCUT2D eigenvalue weighted by atomic mass is 10.1. The monoisotopic (exact) mass is 376 g/mol. The fourth-order valence-electron chi connectivity index (χ4n) is 3.46. The van der Waals surface area contributed by atoms with Gasteiger partial charge in [0.25, 0.3) is 0 Å². The molecule has 1 fully saturated rings. The maximum absolute atomic E-state index is 13.7. The van der Waals surface area contributed by atoms with Crippen molar-refractivity contribution in [3.63, 3.8) is 0 Å². The highest BCUT2D eigenvalue weighted by molar-refractivity contribution is 5.93. The molecule has 140 valence electrons. The lowest BCUT2D eigenvalue weighted by Gasteiger charge is -2.23. The lowest BCUT2D eigenvalue weighted by Crippen LogP contribution is -2.44. The van der Waals surface area contributed by atoms with Crippen LogP contribution in [0.5, 0.6) is 0 Å². The van der Waals surface area contributed by atoms with Gasteiger partial charge in [-0.2, -0.15) is 4.52 Å². The molecule has 1 atom stereocenters. The van der Waals surface area contributed by atoms with Gasteiger partial charge in [-0.25, -0.2) is 14.4 Å². The summed E-state index contributed by atoms with van der Waals surface area (Å²) in [5.41, 5.74) is 1.92. The Hall–Kier alpha value is -3.55. The third-order valence-electron chi connectivity index (χ3n) is 4.85. The van der Waals surface area contributed by atoms with Gasteiger partial charge >= 0.3 is 0 Å². The Labute approximate surface area is 159 Å². The van der Waals surface area contributed by atoms with E-state index in [9.17, 15) is 9.18 Å². The lowest BCUT2D eigenvalue weighted by molar-refractivity contribution is -0.123. The van der Waals surface area contributed by atoms with Gasteiger partial charge in [0.2, 0.25) is 11.9 Å². The topological polar surface area (TPSA) is 84.2 Å². The van der Waals surface area contributed by atoms with Gasteiger partial charge in [0.05, 0.1) is 5.52 Å². The van der Waals surface area contributed by atoms with Gasteiger partial charge in [0.15, 0.2) is 11.5 Å². The number of carbonyl (C=O) groups excluding carboxylic acids is 1. The highest BCUT2D eigenvalue weighted by Gasteiger charge is 2.24. The first-order chi connectivity index (χ1) is 13.7. The minimum Gasteiger partial charge on any atom is -0.354 e. The van der Waals surface area contributed by atoms with Crippen LogP contribution in [0.2, 0.25) is 0 Å². The van der Waals surface area contributed by atoms with Crippen LogP contribution in [-0.2, 0) is 4.79 Å². The van der Waals surface area contributed by atoms with E-state index in [0.717, 1.165) is 17.3 Å². The van der Waals surface area contributed by atoms with E-state index >= 15 is 0 Å². The second-order valence-electron chi connectivity index (χ2n) is 6.76. The van der Waals surface area contributed by atoms with Crippen LogP contribution in [0.25, 0.3) is 27.9 Å². The zero-order valence-corrected chi connectivity index (χ0v) is 14.9. The highest BCUT2D eigenvalue weighted by atomic mass is 19.1. The minimum atomic E-state index is -0.382. The molecule has 2 aromatic carbocycles. The quantitative estimate of drug-likeness (QED) is 0.574. The molecule has 0 aliphatic carbocycles. The van der Waals surface area contributed by atoms with Crippen LogP contribution in [0.15, 0.2) is 48.5 Å². The molecule has 5 rings (SSSR count). The maximum atomic E-state index is 13.7. The Bertz CT molecular complexity index is 1200. The first kappa shape index (κ1) is 16.6. The zero-order valence-electron chi connectivity index (χ0n) is 14.9. The second kappa shape index (κ2) is 6.56. The summed E-state index contributed by atoms with van der Waals surface area (Å²) in [5.74, 6) is 0.427. The number of nitrogens with one attached hydrogen (secondary N) is 2. The Morgan fingerprint density at radius 3 is 2.89 bits per heavy atom. The van der Waals surface area contributed by atoms with E-state index < -0.39 is 0 Å². The van der Waals surface area contributed by atoms with Crippen LogP contribution >= 0.6 is 0 Å². The number of piperidine rings is 1. The van der Waals surface area contributed by atoms with Crippen LogP contribution in [0.4, 0.5) is 10.3 Å². The standard InChI is InChI=1S/C20H17FN6O/c21-13-6-3-5-12(11-13)17-25-18-14-7-1-2-8-15(14)23-20(27(18)26-17)24-16-9-4-10-22-19(16)28/h1-3,5-8,11,16H,4,9-10H2,(H,22,28)(H,23,24)/t16-/m0/s1. The molecule has 0 radical (unpaired) electrons. The summed E-state index contributed by atoms with van der Waals surface area (Å²) in [6, 6.07) is 13.4. The smallest absolute Gasteiger partial charge is 0.242 e. The third kappa shape index (κ3) is 2.83. The summed E-state index contributed by atoms with van der Waals surface area (Å²) in [6.45, 7) is 0.685. The van der Waals surface area contributed by atoms with Gasteiger partial charge in [0.1, 0.15) is 11.9 Å². The summed E-state index contributed by atoms with van der Waals surface area (Å²) in [6.07, 6.45) is 1.61. The highest BCUT2D eigenvalue weighted by Crippen LogP contribution is 2.25. The largest absolute Gasteiger partial charge is 0.354 e. The Balaban J connectivity index is 1.68. The average molecular weight is 376 g/mol. The van der Waals surface area contributed by atoms with Gasteiger partial charge in [-0.15, -0.1) is 5.10 Å². The molecule has 0 bridgehead atoms. The average Bonchev–Trinajstić information content (AvgIpc) is 3.16. The Morgan fingerprint density at radius 2 is 2.04 bits per heavy atom. The van der Waals surface area contributed by atoms with Crippen molar-refractivity contribution in [2.45, 2.75) is 18.9 Å². The molecule has 28 heavy (non-hydrogen) atoms. The van der Waals surface area contributed by atoms with Crippen molar-refractivity contribution in [3.05, 3.63) is 54.3 Å². The van der Waals surface area contributed by atoms with Crippen molar-refractivity contribution < 1.29 is 9.18 Å². The summed E-state index contributed by atoms with van der Waals surface area (Å²) in [5, 5.41) is 11.4. The van der Waals surface area contributed by atoms with Gasteiger partial charge < -0.3 is 10.6 Å². The number of carbonyl (C=O) groups is 1. The molecule has 1 aliphatic heterocycles. The number of anilines is 1. The number of benzene rings is 2. The summed E-state index contributed by atoms with van der Waals surface area (Å²) < 4.78 is 15.2. The van der Waals surface area contributed by atoms with Gasteiger partial charge in [-0.1, -0.05) is 24.3 Å². The molecular weight excluding hydrogens is 359 g/mol. The summed E-state index contributed by atoms with van der Waals surface area (Å²) >= 11 is 0. The first-order valence-corrected chi connectivity index (χ1v) is 9.15. The van der Waals surface area contributed by atoms with E-state index in [4.69, 9.17) is 0 Å².